The van der Waals surface area contributed by atoms with Crippen molar-refractivity contribution >= 4 is 45.8 Å². The molecule has 0 unspecified atom stereocenters. The van der Waals surface area contributed by atoms with Crippen LogP contribution in [0.3, 0.4) is 0 Å². The smallest absolute Gasteiger partial charge is 0.290 e. The summed E-state index contributed by atoms with van der Waals surface area (Å²) < 4.78 is 0. The molecule has 2 saturated heterocycles. The molecule has 0 radical (unpaired) electrons. The van der Waals surface area contributed by atoms with Gasteiger partial charge < -0.3 is 10.2 Å². The number of nitrogens with one attached hydrogen (secondary N) is 2. The van der Waals surface area contributed by atoms with E-state index in [2.05, 4.69) is 48.7 Å². The summed E-state index contributed by atoms with van der Waals surface area (Å²) >= 11 is 0.890. The Bertz CT molecular complexity index is 1540. The van der Waals surface area contributed by atoms with E-state index in [1.807, 2.05) is 36.7 Å². The standard InChI is InChI=1S/C29H27N7O2S/c37-27-26(39-29(38)35-27)15-21-7-11-32-28(34-21)36-13-9-19(10-14-36)16-30-17-20-5-6-25(33-18-20)23-8-12-31-24-4-2-1-3-22(23)24/h1-8,11-12,15,18-19,30H,9-10,13-14,16-17H2,(H,35,37,38)/b26-15-. The van der Waals surface area contributed by atoms with Crippen LogP contribution < -0.4 is 15.5 Å². The molecule has 39 heavy (non-hydrogen) atoms. The van der Waals surface area contributed by atoms with Crippen LogP contribution in [0.15, 0.2) is 72.0 Å². The van der Waals surface area contributed by atoms with Crippen LogP contribution >= 0.6 is 11.8 Å². The largest absolute Gasteiger partial charge is 0.341 e. The Morgan fingerprint density at radius 1 is 1.00 bits per heavy atom. The van der Waals surface area contributed by atoms with E-state index < -0.39 is 0 Å². The summed E-state index contributed by atoms with van der Waals surface area (Å²) in [6.45, 7) is 3.46. The third-order valence-corrected chi connectivity index (χ3v) is 7.81. The first-order valence-electron chi connectivity index (χ1n) is 12.9. The lowest BCUT2D eigenvalue weighted by molar-refractivity contribution is -0.115. The van der Waals surface area contributed by atoms with E-state index in [1.165, 1.54) is 0 Å². The molecule has 0 spiro atoms. The molecule has 0 atom stereocenters. The van der Waals surface area contributed by atoms with Gasteiger partial charge in [0.15, 0.2) is 0 Å². The van der Waals surface area contributed by atoms with Gasteiger partial charge in [-0.15, -0.1) is 0 Å². The average Bonchev–Trinajstić information content (AvgIpc) is 3.29. The SMILES string of the molecule is O=C1NC(=O)/C(=C/c2ccnc(N3CCC(CNCc4ccc(-c5ccnc6ccccc56)nc4)CC3)n2)S1. The minimum absolute atomic E-state index is 0.352. The van der Waals surface area contributed by atoms with Crippen molar-refractivity contribution < 1.29 is 9.59 Å². The number of para-hydroxylation sites is 1. The molecule has 10 heteroatoms. The number of thioether (sulfide) groups is 1. The summed E-state index contributed by atoms with van der Waals surface area (Å²) in [7, 11) is 0. The van der Waals surface area contributed by atoms with Crippen LogP contribution in [0, 0.1) is 5.92 Å². The number of benzene rings is 1. The maximum atomic E-state index is 11.8. The molecule has 0 aliphatic carbocycles. The summed E-state index contributed by atoms with van der Waals surface area (Å²) in [5, 5.41) is 6.61. The zero-order valence-electron chi connectivity index (χ0n) is 21.2. The first-order valence-corrected chi connectivity index (χ1v) is 13.8. The minimum Gasteiger partial charge on any atom is -0.341 e. The Balaban J connectivity index is 0.995. The zero-order chi connectivity index (χ0) is 26.6. The van der Waals surface area contributed by atoms with E-state index in [-0.39, 0.29) is 11.1 Å². The fraction of sp³-hybridized carbons (Fsp3) is 0.241. The average molecular weight is 538 g/mol. The molecule has 5 heterocycles. The Morgan fingerprint density at radius 2 is 1.85 bits per heavy atom. The summed E-state index contributed by atoms with van der Waals surface area (Å²) in [6.07, 6.45) is 9.19. The first-order chi connectivity index (χ1) is 19.1. The number of pyridine rings is 2. The van der Waals surface area contributed by atoms with E-state index in [4.69, 9.17) is 4.98 Å². The van der Waals surface area contributed by atoms with Gasteiger partial charge in [-0.3, -0.25) is 24.9 Å². The predicted octanol–water partition coefficient (Wildman–Crippen LogP) is 4.42. The van der Waals surface area contributed by atoms with Crippen molar-refractivity contribution in [3.63, 3.8) is 0 Å². The monoisotopic (exact) mass is 537 g/mol. The number of nitrogens with zero attached hydrogens (tertiary/aromatic N) is 5. The van der Waals surface area contributed by atoms with E-state index in [9.17, 15) is 9.59 Å². The maximum Gasteiger partial charge on any atom is 0.290 e. The fourth-order valence-corrected chi connectivity index (χ4v) is 5.58. The third-order valence-electron chi connectivity index (χ3n) is 6.99. The van der Waals surface area contributed by atoms with Crippen LogP contribution in [0.1, 0.15) is 24.1 Å². The highest BCUT2D eigenvalue weighted by Crippen LogP contribution is 2.27. The van der Waals surface area contributed by atoms with Crippen LogP contribution in [0.4, 0.5) is 10.7 Å². The maximum absolute atomic E-state index is 11.8. The van der Waals surface area contributed by atoms with Gasteiger partial charge in [0.1, 0.15) is 0 Å². The lowest BCUT2D eigenvalue weighted by Gasteiger charge is -2.32. The van der Waals surface area contributed by atoms with Crippen molar-refractivity contribution in [1.82, 2.24) is 30.6 Å². The number of fused-ring (bicyclic) bond motifs is 1. The number of amides is 2. The molecule has 6 rings (SSSR count). The van der Waals surface area contributed by atoms with Crippen molar-refractivity contribution in [3.8, 4) is 11.3 Å². The van der Waals surface area contributed by atoms with Gasteiger partial charge in [-0.1, -0.05) is 24.3 Å². The lowest BCUT2D eigenvalue weighted by atomic mass is 9.97. The number of carbonyl (C=O) groups is 2. The Hall–Kier alpha value is -4.15. The fourth-order valence-electron chi connectivity index (χ4n) is 4.92. The number of hydrogen-bond acceptors (Lipinski definition) is 9. The topological polar surface area (TPSA) is 113 Å². The third kappa shape index (κ3) is 5.81. The number of carbonyl (C=O) groups excluding carboxylic acids is 2. The van der Waals surface area contributed by atoms with Crippen LogP contribution in [-0.4, -0.2) is 50.7 Å². The number of piperidine rings is 1. The van der Waals surface area contributed by atoms with Crippen LogP contribution in [-0.2, 0) is 11.3 Å². The van der Waals surface area contributed by atoms with Gasteiger partial charge in [0, 0.05) is 49.2 Å². The molecule has 4 aromatic rings. The van der Waals surface area contributed by atoms with E-state index in [1.54, 1.807) is 18.3 Å². The van der Waals surface area contributed by atoms with E-state index in [0.29, 0.717) is 22.5 Å². The van der Waals surface area contributed by atoms with Gasteiger partial charge in [-0.2, -0.15) is 0 Å². The summed E-state index contributed by atoms with van der Waals surface area (Å²) in [6, 6.07) is 16.1. The van der Waals surface area contributed by atoms with Crippen LogP contribution in [0.2, 0.25) is 0 Å². The van der Waals surface area contributed by atoms with Crippen molar-refractivity contribution in [2.75, 3.05) is 24.5 Å². The molecular formula is C29H27N7O2S. The van der Waals surface area contributed by atoms with Crippen LogP contribution in [0.25, 0.3) is 28.2 Å². The van der Waals surface area contributed by atoms with Gasteiger partial charge in [0.05, 0.1) is 21.8 Å². The van der Waals surface area contributed by atoms with Gasteiger partial charge in [-0.05, 0) is 73.0 Å². The summed E-state index contributed by atoms with van der Waals surface area (Å²) in [4.78, 5) is 43.9. The molecule has 0 bridgehead atoms. The minimum atomic E-state index is -0.382. The molecule has 3 aromatic heterocycles. The van der Waals surface area contributed by atoms with Gasteiger partial charge >= 0.3 is 0 Å². The molecular weight excluding hydrogens is 510 g/mol. The number of aromatic nitrogens is 4. The molecule has 2 amide bonds. The zero-order valence-corrected chi connectivity index (χ0v) is 22.0. The lowest BCUT2D eigenvalue weighted by Crippen LogP contribution is -2.38. The highest BCUT2D eigenvalue weighted by atomic mass is 32.2. The second-order valence-electron chi connectivity index (χ2n) is 9.62. The van der Waals surface area contributed by atoms with Gasteiger partial charge in [-0.25, -0.2) is 9.97 Å². The number of rotatable bonds is 7. The number of hydrogen-bond donors (Lipinski definition) is 2. The highest BCUT2D eigenvalue weighted by Gasteiger charge is 2.25. The predicted molar refractivity (Wildman–Crippen MR) is 153 cm³/mol. The number of imide groups is 1. The molecule has 2 aliphatic heterocycles. The molecule has 1 aromatic carbocycles. The van der Waals surface area contributed by atoms with E-state index >= 15 is 0 Å². The quantitative estimate of drug-likeness (QED) is 0.331. The molecule has 2 N–H and O–H groups in total. The summed E-state index contributed by atoms with van der Waals surface area (Å²) in [5.74, 6) is 0.845. The van der Waals surface area contributed by atoms with Gasteiger partial charge in [0.25, 0.3) is 11.1 Å². The summed E-state index contributed by atoms with van der Waals surface area (Å²) in [5.41, 5.74) is 4.79. The van der Waals surface area contributed by atoms with Crippen molar-refractivity contribution in [2.45, 2.75) is 19.4 Å². The van der Waals surface area contributed by atoms with E-state index in [0.717, 1.165) is 78.5 Å². The van der Waals surface area contributed by atoms with Gasteiger partial charge in [0.2, 0.25) is 5.95 Å². The first kappa shape index (κ1) is 25.1. The second-order valence-corrected chi connectivity index (χ2v) is 10.6. The van der Waals surface area contributed by atoms with Crippen LogP contribution in [0.5, 0.6) is 0 Å². The molecule has 0 saturated carbocycles. The molecule has 2 aliphatic rings. The Labute approximate surface area is 230 Å². The van der Waals surface area contributed by atoms with Crippen molar-refractivity contribution in [3.05, 3.63) is 83.3 Å². The normalized spacial score (nSPS) is 17.2. The van der Waals surface area contributed by atoms with Crippen molar-refractivity contribution in [1.29, 1.82) is 0 Å². The second kappa shape index (κ2) is 11.3. The molecule has 2 fully saturated rings. The number of anilines is 1. The molecule has 9 nitrogen and oxygen atoms in total. The Kier molecular flexibility index (Phi) is 7.29. The highest BCUT2D eigenvalue weighted by molar-refractivity contribution is 8.18. The molecule has 196 valence electrons. The van der Waals surface area contributed by atoms with Crippen molar-refractivity contribution in [2.24, 2.45) is 5.92 Å². The Morgan fingerprint density at radius 3 is 2.64 bits per heavy atom.